The molecule has 0 aliphatic carbocycles. The zero-order valence-electron chi connectivity index (χ0n) is 8.25. The summed E-state index contributed by atoms with van der Waals surface area (Å²) in [5, 5.41) is 0. The monoisotopic (exact) mass is 241 g/mol. The first-order valence-corrected chi connectivity index (χ1v) is 5.95. The molecule has 0 fully saturated rings. The van der Waals surface area contributed by atoms with Gasteiger partial charge in [-0.2, -0.15) is 0 Å². The second kappa shape index (κ2) is 6.23. The molecule has 71 valence electrons. The van der Waals surface area contributed by atoms with E-state index in [4.69, 9.17) is 0 Å². The molecule has 0 amide bonds. The van der Waals surface area contributed by atoms with Crippen LogP contribution in [0.2, 0.25) is 0 Å². The van der Waals surface area contributed by atoms with Crippen molar-refractivity contribution in [3.05, 3.63) is 29.8 Å². The van der Waals surface area contributed by atoms with Crippen molar-refractivity contribution in [2.45, 2.75) is 39.0 Å². The summed E-state index contributed by atoms with van der Waals surface area (Å²) < 4.78 is 1.32. The van der Waals surface area contributed by atoms with Crippen molar-refractivity contribution < 1.29 is 0 Å². The van der Waals surface area contributed by atoms with Gasteiger partial charge in [-0.1, -0.05) is 0 Å². The van der Waals surface area contributed by atoms with Gasteiger partial charge in [0.15, 0.2) is 0 Å². The SMILES string of the molecule is CCCCCCc1ccccc1[Se]. The van der Waals surface area contributed by atoms with Crippen LogP contribution in [-0.2, 0) is 6.42 Å². The Balaban J connectivity index is 2.32. The summed E-state index contributed by atoms with van der Waals surface area (Å²) in [5.41, 5.74) is 1.47. The molecule has 1 rings (SSSR count). The van der Waals surface area contributed by atoms with Gasteiger partial charge in [0.1, 0.15) is 0 Å². The molecule has 1 heteroatoms. The Morgan fingerprint density at radius 3 is 2.54 bits per heavy atom. The van der Waals surface area contributed by atoms with Crippen molar-refractivity contribution in [1.29, 1.82) is 0 Å². The average molecular weight is 240 g/mol. The van der Waals surface area contributed by atoms with Gasteiger partial charge in [0.05, 0.1) is 0 Å². The molecule has 0 unspecified atom stereocenters. The molecule has 0 aliphatic heterocycles. The minimum atomic E-state index is 1.23. The van der Waals surface area contributed by atoms with Crippen LogP contribution in [0.25, 0.3) is 0 Å². The number of rotatable bonds is 5. The Hall–Kier alpha value is -0.261. The van der Waals surface area contributed by atoms with Gasteiger partial charge >= 0.3 is 89.3 Å². The van der Waals surface area contributed by atoms with Gasteiger partial charge in [0.25, 0.3) is 0 Å². The van der Waals surface area contributed by atoms with Gasteiger partial charge in [-0.3, -0.25) is 0 Å². The van der Waals surface area contributed by atoms with E-state index in [1.165, 1.54) is 42.1 Å². The summed E-state index contributed by atoms with van der Waals surface area (Å²) in [6, 6.07) is 8.57. The molecular weight excluding hydrogens is 223 g/mol. The molecule has 0 spiro atoms. The summed E-state index contributed by atoms with van der Waals surface area (Å²) in [6.45, 7) is 2.25. The van der Waals surface area contributed by atoms with Crippen LogP contribution in [0.4, 0.5) is 0 Å². The molecule has 1 aromatic rings. The summed E-state index contributed by atoms with van der Waals surface area (Å²) >= 11 is 3.11. The Bertz CT molecular complexity index is 243. The maximum atomic E-state index is 3.11. The van der Waals surface area contributed by atoms with Crippen LogP contribution in [-0.4, -0.2) is 16.0 Å². The topological polar surface area (TPSA) is 0 Å². The average Bonchev–Trinajstić information content (AvgIpc) is 2.15. The van der Waals surface area contributed by atoms with Crippen LogP contribution < -0.4 is 4.46 Å². The molecule has 0 saturated carbocycles. The van der Waals surface area contributed by atoms with Crippen LogP contribution in [0, 0.1) is 0 Å². The van der Waals surface area contributed by atoms with Crippen molar-refractivity contribution in [3.8, 4) is 0 Å². The summed E-state index contributed by atoms with van der Waals surface area (Å²) in [4.78, 5) is 0. The van der Waals surface area contributed by atoms with Gasteiger partial charge in [-0.15, -0.1) is 0 Å². The molecule has 1 radical (unpaired) electrons. The Kier molecular flexibility index (Phi) is 5.19. The summed E-state index contributed by atoms with van der Waals surface area (Å²) in [7, 11) is 0. The number of hydrogen-bond acceptors (Lipinski definition) is 0. The van der Waals surface area contributed by atoms with Crippen LogP contribution in [0.1, 0.15) is 38.2 Å². The van der Waals surface area contributed by atoms with Crippen molar-refractivity contribution in [2.75, 3.05) is 0 Å². The van der Waals surface area contributed by atoms with E-state index in [1.807, 2.05) is 0 Å². The number of unbranched alkanes of at least 4 members (excludes halogenated alkanes) is 3. The van der Waals surface area contributed by atoms with E-state index in [-0.39, 0.29) is 0 Å². The van der Waals surface area contributed by atoms with E-state index in [1.54, 1.807) is 0 Å². The Morgan fingerprint density at radius 1 is 1.08 bits per heavy atom. The third-order valence-electron chi connectivity index (χ3n) is 2.27. The predicted molar refractivity (Wildman–Crippen MR) is 59.7 cm³/mol. The number of aryl methyl sites for hydroxylation is 1. The third-order valence-corrected chi connectivity index (χ3v) is 3.11. The normalized spacial score (nSPS) is 10.2. The van der Waals surface area contributed by atoms with Crippen LogP contribution >= 0.6 is 0 Å². The molecule has 0 saturated heterocycles. The second-order valence-corrected chi connectivity index (χ2v) is 4.34. The van der Waals surface area contributed by atoms with Gasteiger partial charge in [-0.05, 0) is 0 Å². The molecule has 13 heavy (non-hydrogen) atoms. The van der Waals surface area contributed by atoms with Crippen LogP contribution in [0.5, 0.6) is 0 Å². The Morgan fingerprint density at radius 2 is 1.85 bits per heavy atom. The van der Waals surface area contributed by atoms with Crippen molar-refractivity contribution in [1.82, 2.24) is 0 Å². The second-order valence-electron chi connectivity index (χ2n) is 3.42. The first-order chi connectivity index (χ1) is 6.34. The summed E-state index contributed by atoms with van der Waals surface area (Å²) in [5.74, 6) is 0. The molecule has 0 aromatic heterocycles. The molecule has 0 N–H and O–H groups in total. The zero-order chi connectivity index (χ0) is 9.52. The van der Waals surface area contributed by atoms with Crippen LogP contribution in [0.15, 0.2) is 24.3 Å². The summed E-state index contributed by atoms with van der Waals surface area (Å²) in [6.07, 6.45) is 6.61. The van der Waals surface area contributed by atoms with E-state index in [9.17, 15) is 0 Å². The predicted octanol–water partition coefficient (Wildman–Crippen LogP) is 2.60. The Labute approximate surface area is 89.6 Å². The van der Waals surface area contributed by atoms with E-state index < -0.39 is 0 Å². The minimum absolute atomic E-state index is 1.23. The first-order valence-electron chi connectivity index (χ1n) is 5.09. The van der Waals surface area contributed by atoms with Crippen molar-refractivity contribution >= 4 is 20.5 Å². The van der Waals surface area contributed by atoms with Crippen molar-refractivity contribution in [2.24, 2.45) is 0 Å². The quantitative estimate of drug-likeness (QED) is 0.548. The molecule has 0 nitrogen and oxygen atoms in total. The number of benzene rings is 1. The van der Waals surface area contributed by atoms with Gasteiger partial charge in [0, 0.05) is 0 Å². The van der Waals surface area contributed by atoms with E-state index in [2.05, 4.69) is 47.2 Å². The molecular formula is C12H17Se. The molecule has 0 heterocycles. The fourth-order valence-corrected chi connectivity index (χ4v) is 1.97. The van der Waals surface area contributed by atoms with Crippen LogP contribution in [0.3, 0.4) is 0 Å². The van der Waals surface area contributed by atoms with Gasteiger partial charge in [0.2, 0.25) is 0 Å². The molecule has 0 bridgehead atoms. The molecule has 1 aromatic carbocycles. The van der Waals surface area contributed by atoms with Crippen molar-refractivity contribution in [3.63, 3.8) is 0 Å². The van der Waals surface area contributed by atoms with E-state index in [0.717, 1.165) is 0 Å². The maximum absolute atomic E-state index is 3.11. The molecule has 0 aliphatic rings. The standard InChI is InChI=1S/C12H17Se/c1-2-3-4-5-8-11-9-6-7-10-12(11)13/h6-7,9-10H,2-5,8H2,1H3. The van der Waals surface area contributed by atoms with Gasteiger partial charge < -0.3 is 0 Å². The first kappa shape index (κ1) is 10.8. The van der Waals surface area contributed by atoms with E-state index >= 15 is 0 Å². The third kappa shape index (κ3) is 3.97. The zero-order valence-corrected chi connectivity index (χ0v) is 9.97. The fourth-order valence-electron chi connectivity index (χ4n) is 1.45. The van der Waals surface area contributed by atoms with E-state index in [0.29, 0.717) is 0 Å². The molecule has 0 atom stereocenters. The number of hydrogen-bond donors (Lipinski definition) is 0. The van der Waals surface area contributed by atoms with Gasteiger partial charge in [-0.25, -0.2) is 0 Å². The fraction of sp³-hybridized carbons (Fsp3) is 0.500.